The third-order valence-corrected chi connectivity index (χ3v) is 5.50. The third kappa shape index (κ3) is 4.23. The number of hydrogen-bond acceptors (Lipinski definition) is 4. The predicted octanol–water partition coefficient (Wildman–Crippen LogP) is 3.59. The van der Waals surface area contributed by atoms with Gasteiger partial charge in [-0.05, 0) is 43.5 Å². The zero-order chi connectivity index (χ0) is 19.3. The highest BCUT2D eigenvalue weighted by molar-refractivity contribution is 5.85. The summed E-state index contributed by atoms with van der Waals surface area (Å²) in [6, 6.07) is 18.1. The number of likely N-dealkylation sites (N-methyl/N-ethyl adjacent to an activating group) is 1. The summed E-state index contributed by atoms with van der Waals surface area (Å²) < 4.78 is 5.97. The van der Waals surface area contributed by atoms with Crippen LogP contribution in [-0.2, 0) is 15.1 Å². The molecule has 2 aromatic rings. The Morgan fingerprint density at radius 1 is 1.11 bits per heavy atom. The van der Waals surface area contributed by atoms with E-state index in [4.69, 9.17) is 4.74 Å². The second-order valence-electron chi connectivity index (χ2n) is 7.49. The Bertz CT molecular complexity index is 692. The lowest BCUT2D eigenvalue weighted by molar-refractivity contribution is -0.173. The van der Waals surface area contributed by atoms with E-state index in [0.29, 0.717) is 23.6 Å². The molecule has 0 radical (unpaired) electrons. The van der Waals surface area contributed by atoms with Gasteiger partial charge in [-0.1, -0.05) is 74.0 Å². The first-order chi connectivity index (χ1) is 13.1. The Kier molecular flexibility index (Phi) is 6.30. The van der Waals surface area contributed by atoms with Crippen LogP contribution in [-0.4, -0.2) is 42.2 Å². The molecule has 1 saturated heterocycles. The van der Waals surface area contributed by atoms with Gasteiger partial charge in [0.1, 0.15) is 6.10 Å². The van der Waals surface area contributed by atoms with Crippen molar-refractivity contribution in [2.45, 2.75) is 37.9 Å². The summed E-state index contributed by atoms with van der Waals surface area (Å²) in [7, 11) is 2.05. The number of likely N-dealkylation sites (tertiary alicyclic amines) is 1. The largest absolute Gasteiger partial charge is 0.458 e. The molecule has 1 fully saturated rings. The molecule has 0 aliphatic carbocycles. The minimum absolute atomic E-state index is 0.199. The Labute approximate surface area is 161 Å². The first-order valence-electron chi connectivity index (χ1n) is 9.78. The molecular formula is C23H29NO3. The maximum Gasteiger partial charge on any atom is 0.348 e. The van der Waals surface area contributed by atoms with Crippen molar-refractivity contribution < 1.29 is 14.6 Å². The van der Waals surface area contributed by atoms with Gasteiger partial charge in [0.15, 0.2) is 0 Å². The molecule has 3 rings (SSSR count). The van der Waals surface area contributed by atoms with Gasteiger partial charge in [0.2, 0.25) is 5.60 Å². The summed E-state index contributed by atoms with van der Waals surface area (Å²) in [5, 5.41) is 11.5. The molecule has 2 aromatic carbocycles. The average molecular weight is 367 g/mol. The van der Waals surface area contributed by atoms with Crippen LogP contribution in [0.1, 0.15) is 37.3 Å². The number of ether oxygens (including phenoxy) is 1. The Balaban J connectivity index is 1.92. The fourth-order valence-corrected chi connectivity index (χ4v) is 3.94. The van der Waals surface area contributed by atoms with Crippen LogP contribution in [0.2, 0.25) is 0 Å². The van der Waals surface area contributed by atoms with Gasteiger partial charge in [0.25, 0.3) is 0 Å². The van der Waals surface area contributed by atoms with Crippen molar-refractivity contribution in [2.24, 2.45) is 5.92 Å². The van der Waals surface area contributed by atoms with Gasteiger partial charge in [0, 0.05) is 6.54 Å². The van der Waals surface area contributed by atoms with E-state index in [9.17, 15) is 9.90 Å². The second kappa shape index (κ2) is 8.68. The molecule has 0 saturated carbocycles. The zero-order valence-corrected chi connectivity index (χ0v) is 16.2. The SMILES string of the molecule is CCCC1CCN(C)CC1OC(=O)C(O)(c1ccccc1)c1ccccc1. The van der Waals surface area contributed by atoms with Gasteiger partial charge in [-0.2, -0.15) is 0 Å². The van der Waals surface area contributed by atoms with Crippen molar-refractivity contribution in [1.29, 1.82) is 0 Å². The van der Waals surface area contributed by atoms with Crippen LogP contribution in [0.15, 0.2) is 60.7 Å². The first kappa shape index (κ1) is 19.6. The Morgan fingerprint density at radius 3 is 2.19 bits per heavy atom. The van der Waals surface area contributed by atoms with E-state index in [2.05, 4.69) is 11.8 Å². The molecule has 0 amide bonds. The van der Waals surface area contributed by atoms with Gasteiger partial charge in [-0.15, -0.1) is 0 Å². The van der Waals surface area contributed by atoms with Gasteiger partial charge in [-0.3, -0.25) is 0 Å². The number of esters is 1. The summed E-state index contributed by atoms with van der Waals surface area (Å²) in [5.74, 6) is -0.257. The van der Waals surface area contributed by atoms with E-state index in [1.165, 1.54) is 0 Å². The van der Waals surface area contributed by atoms with Crippen molar-refractivity contribution in [3.8, 4) is 0 Å². The van der Waals surface area contributed by atoms with Gasteiger partial charge >= 0.3 is 5.97 Å². The molecule has 27 heavy (non-hydrogen) atoms. The zero-order valence-electron chi connectivity index (χ0n) is 16.2. The van der Waals surface area contributed by atoms with Crippen LogP contribution in [0, 0.1) is 5.92 Å². The van der Waals surface area contributed by atoms with E-state index in [1.54, 1.807) is 24.3 Å². The highest BCUT2D eigenvalue weighted by Gasteiger charge is 2.44. The third-order valence-electron chi connectivity index (χ3n) is 5.50. The molecule has 0 bridgehead atoms. The quantitative estimate of drug-likeness (QED) is 0.793. The number of nitrogens with zero attached hydrogens (tertiary/aromatic N) is 1. The summed E-state index contributed by atoms with van der Waals surface area (Å²) in [5.41, 5.74) is -0.759. The predicted molar refractivity (Wildman–Crippen MR) is 106 cm³/mol. The molecule has 4 nitrogen and oxygen atoms in total. The molecule has 0 aromatic heterocycles. The molecule has 144 valence electrons. The van der Waals surface area contributed by atoms with Crippen molar-refractivity contribution in [1.82, 2.24) is 4.90 Å². The van der Waals surface area contributed by atoms with Crippen LogP contribution >= 0.6 is 0 Å². The number of rotatable bonds is 6. The highest BCUT2D eigenvalue weighted by Crippen LogP contribution is 2.33. The van der Waals surface area contributed by atoms with Crippen molar-refractivity contribution >= 4 is 5.97 Å². The van der Waals surface area contributed by atoms with E-state index in [-0.39, 0.29) is 6.10 Å². The van der Waals surface area contributed by atoms with Crippen LogP contribution < -0.4 is 0 Å². The number of aliphatic hydroxyl groups is 1. The van der Waals surface area contributed by atoms with Crippen LogP contribution in [0.25, 0.3) is 0 Å². The van der Waals surface area contributed by atoms with E-state index in [0.717, 1.165) is 25.8 Å². The molecule has 0 spiro atoms. The van der Waals surface area contributed by atoms with Crippen LogP contribution in [0.5, 0.6) is 0 Å². The van der Waals surface area contributed by atoms with Crippen molar-refractivity contribution in [3.63, 3.8) is 0 Å². The minimum Gasteiger partial charge on any atom is -0.458 e. The van der Waals surface area contributed by atoms with Gasteiger partial charge in [-0.25, -0.2) is 4.79 Å². The number of carbonyl (C=O) groups is 1. The topological polar surface area (TPSA) is 49.8 Å². The lowest BCUT2D eigenvalue weighted by atomic mass is 9.85. The number of carbonyl (C=O) groups excluding carboxylic acids is 1. The maximum atomic E-state index is 13.3. The summed E-state index contributed by atoms with van der Waals surface area (Å²) in [4.78, 5) is 15.5. The van der Waals surface area contributed by atoms with Crippen molar-refractivity contribution in [2.75, 3.05) is 20.1 Å². The normalized spacial score (nSPS) is 21.0. The first-order valence-corrected chi connectivity index (χ1v) is 9.78. The van der Waals surface area contributed by atoms with Crippen LogP contribution in [0.4, 0.5) is 0 Å². The molecule has 2 atom stereocenters. The molecule has 1 N–H and O–H groups in total. The molecule has 2 unspecified atom stereocenters. The summed E-state index contributed by atoms with van der Waals surface area (Å²) in [6.45, 7) is 3.87. The summed E-state index contributed by atoms with van der Waals surface area (Å²) in [6.07, 6.45) is 2.90. The van der Waals surface area contributed by atoms with Crippen molar-refractivity contribution in [3.05, 3.63) is 71.8 Å². The van der Waals surface area contributed by atoms with E-state index >= 15 is 0 Å². The monoisotopic (exact) mass is 367 g/mol. The fraction of sp³-hybridized carbons (Fsp3) is 0.435. The van der Waals surface area contributed by atoms with Gasteiger partial charge < -0.3 is 14.7 Å². The molecule has 1 aliphatic rings. The maximum absolute atomic E-state index is 13.3. The molecule has 1 heterocycles. The fourth-order valence-electron chi connectivity index (χ4n) is 3.94. The number of benzene rings is 2. The standard InChI is InChI=1S/C23H29NO3/c1-3-10-18-15-16-24(2)17-21(18)27-22(25)23(26,19-11-6-4-7-12-19)20-13-8-5-9-14-20/h4-9,11-14,18,21,26H,3,10,15-17H2,1-2H3. The lowest BCUT2D eigenvalue weighted by Crippen LogP contribution is -2.48. The van der Waals surface area contributed by atoms with E-state index in [1.807, 2.05) is 43.4 Å². The average Bonchev–Trinajstić information content (AvgIpc) is 2.70. The Hall–Kier alpha value is -2.17. The molecule has 4 heteroatoms. The van der Waals surface area contributed by atoms with Gasteiger partial charge in [0.05, 0.1) is 0 Å². The number of hydrogen-bond donors (Lipinski definition) is 1. The minimum atomic E-state index is -1.81. The van der Waals surface area contributed by atoms with E-state index < -0.39 is 11.6 Å². The molecular weight excluding hydrogens is 338 g/mol. The second-order valence-corrected chi connectivity index (χ2v) is 7.49. The summed E-state index contributed by atoms with van der Waals surface area (Å²) >= 11 is 0. The lowest BCUT2D eigenvalue weighted by Gasteiger charge is -2.38. The Morgan fingerprint density at radius 2 is 1.67 bits per heavy atom. The molecule has 1 aliphatic heterocycles. The smallest absolute Gasteiger partial charge is 0.348 e. The number of piperidine rings is 1. The highest BCUT2D eigenvalue weighted by atomic mass is 16.6. The van der Waals surface area contributed by atoms with Crippen LogP contribution in [0.3, 0.4) is 0 Å².